The number of hydrogen-bond acceptors (Lipinski definition) is 3. The molecule has 2 amide bonds. The van der Waals surface area contributed by atoms with Crippen LogP contribution in [-0.2, 0) is 9.53 Å². The second-order valence-corrected chi connectivity index (χ2v) is 5.42. The molecule has 1 N–H and O–H groups in total. The van der Waals surface area contributed by atoms with Gasteiger partial charge in [0.25, 0.3) is 0 Å². The van der Waals surface area contributed by atoms with Gasteiger partial charge in [0.05, 0.1) is 19.1 Å². The van der Waals surface area contributed by atoms with Gasteiger partial charge in [0, 0.05) is 26.7 Å². The van der Waals surface area contributed by atoms with Gasteiger partial charge in [0.2, 0.25) is 0 Å². The van der Waals surface area contributed by atoms with E-state index in [1.165, 1.54) is 0 Å². The number of hydrogen-bond donors (Lipinski definition) is 1. The van der Waals surface area contributed by atoms with E-state index in [1.807, 2.05) is 0 Å². The first-order chi connectivity index (χ1) is 8.90. The molecule has 0 saturated carbocycles. The molecule has 0 aliphatic carbocycles. The Balaban J connectivity index is 2.44. The van der Waals surface area contributed by atoms with Crippen molar-refractivity contribution in [1.82, 2.24) is 9.80 Å². The minimum Gasteiger partial charge on any atom is -0.481 e. The Bertz CT molecular complexity index is 320. The molecule has 6 nitrogen and oxygen atoms in total. The number of carboxylic acid groups (broad SMARTS) is 1. The molecule has 1 unspecified atom stereocenters. The highest BCUT2D eigenvalue weighted by Crippen LogP contribution is 2.11. The van der Waals surface area contributed by atoms with Crippen LogP contribution in [-0.4, -0.2) is 66.3 Å². The summed E-state index contributed by atoms with van der Waals surface area (Å²) in [6.07, 6.45) is 0.513. The number of rotatable bonds is 5. The molecule has 1 saturated heterocycles. The zero-order valence-electron chi connectivity index (χ0n) is 12.0. The minimum atomic E-state index is -0.896. The van der Waals surface area contributed by atoms with Gasteiger partial charge >= 0.3 is 12.0 Å². The summed E-state index contributed by atoms with van der Waals surface area (Å²) >= 11 is 0. The Morgan fingerprint density at radius 1 is 1.47 bits per heavy atom. The van der Waals surface area contributed by atoms with E-state index in [-0.39, 0.29) is 12.5 Å². The normalized spacial score (nSPS) is 19.6. The summed E-state index contributed by atoms with van der Waals surface area (Å²) in [5, 5.41) is 8.75. The fourth-order valence-corrected chi connectivity index (χ4v) is 2.00. The monoisotopic (exact) mass is 272 g/mol. The fraction of sp³-hybridized carbons (Fsp3) is 0.846. The molecule has 0 aromatic rings. The Labute approximate surface area is 114 Å². The van der Waals surface area contributed by atoms with E-state index >= 15 is 0 Å². The number of urea groups is 1. The average Bonchev–Trinajstić information content (AvgIpc) is 2.34. The van der Waals surface area contributed by atoms with Crippen molar-refractivity contribution >= 4 is 12.0 Å². The van der Waals surface area contributed by atoms with Crippen molar-refractivity contribution < 1.29 is 19.4 Å². The van der Waals surface area contributed by atoms with Gasteiger partial charge in [-0.1, -0.05) is 13.8 Å². The highest BCUT2D eigenvalue weighted by atomic mass is 16.5. The van der Waals surface area contributed by atoms with Gasteiger partial charge in [-0.2, -0.15) is 0 Å². The lowest BCUT2D eigenvalue weighted by molar-refractivity contribution is -0.141. The molecule has 0 aromatic heterocycles. The number of nitrogens with zero attached hydrogens (tertiary/aromatic N) is 2. The quantitative estimate of drug-likeness (QED) is 0.818. The van der Waals surface area contributed by atoms with Crippen LogP contribution in [0.4, 0.5) is 4.79 Å². The maximum atomic E-state index is 12.2. The molecule has 0 radical (unpaired) electrons. The Kier molecular flexibility index (Phi) is 6.08. The number of ether oxygens (including phenoxy) is 1. The highest BCUT2D eigenvalue weighted by molar-refractivity contribution is 5.74. The molecule has 1 aliphatic heterocycles. The van der Waals surface area contributed by atoms with Crippen LogP contribution >= 0.6 is 0 Å². The molecular formula is C13H24N2O4. The molecule has 0 bridgehead atoms. The van der Waals surface area contributed by atoms with Crippen molar-refractivity contribution in [1.29, 1.82) is 0 Å². The molecule has 0 aromatic carbocycles. The van der Waals surface area contributed by atoms with E-state index in [4.69, 9.17) is 9.84 Å². The first-order valence-electron chi connectivity index (χ1n) is 6.73. The zero-order chi connectivity index (χ0) is 14.4. The van der Waals surface area contributed by atoms with Crippen LogP contribution in [0.3, 0.4) is 0 Å². The van der Waals surface area contributed by atoms with Crippen LogP contribution < -0.4 is 0 Å². The second-order valence-electron chi connectivity index (χ2n) is 5.42. The third-order valence-corrected chi connectivity index (χ3v) is 3.18. The summed E-state index contributed by atoms with van der Waals surface area (Å²) < 4.78 is 5.35. The summed E-state index contributed by atoms with van der Waals surface area (Å²) in [5.74, 6) is -0.341. The van der Waals surface area contributed by atoms with Crippen molar-refractivity contribution in [2.45, 2.75) is 32.8 Å². The molecule has 110 valence electrons. The Morgan fingerprint density at radius 2 is 2.16 bits per heavy atom. The van der Waals surface area contributed by atoms with Gasteiger partial charge < -0.3 is 19.6 Å². The van der Waals surface area contributed by atoms with Crippen LogP contribution in [0.2, 0.25) is 0 Å². The lowest BCUT2D eigenvalue weighted by Crippen LogP contribution is -2.50. The molecule has 6 heteroatoms. The number of carboxylic acids is 1. The van der Waals surface area contributed by atoms with Crippen molar-refractivity contribution in [3.05, 3.63) is 0 Å². The fourth-order valence-electron chi connectivity index (χ4n) is 2.00. The first-order valence-corrected chi connectivity index (χ1v) is 6.73. The number of amides is 2. The third kappa shape index (κ3) is 5.46. The predicted octanol–water partition coefficient (Wildman–Crippen LogP) is 1.26. The smallest absolute Gasteiger partial charge is 0.319 e. The topological polar surface area (TPSA) is 70.1 Å². The minimum absolute atomic E-state index is 0.0423. The first kappa shape index (κ1) is 15.8. The van der Waals surface area contributed by atoms with Gasteiger partial charge in [-0.25, -0.2) is 4.79 Å². The van der Waals surface area contributed by atoms with Crippen molar-refractivity contribution in [2.75, 3.05) is 33.3 Å². The van der Waals surface area contributed by atoms with Crippen molar-refractivity contribution in [3.63, 3.8) is 0 Å². The van der Waals surface area contributed by atoms with Gasteiger partial charge in [-0.15, -0.1) is 0 Å². The molecule has 1 rings (SSSR count). The molecule has 1 aliphatic rings. The number of carbonyl (C=O) groups excluding carboxylic acids is 1. The predicted molar refractivity (Wildman–Crippen MR) is 71.0 cm³/mol. The van der Waals surface area contributed by atoms with Crippen LogP contribution in [0.5, 0.6) is 0 Å². The van der Waals surface area contributed by atoms with E-state index in [9.17, 15) is 9.59 Å². The third-order valence-electron chi connectivity index (χ3n) is 3.18. The molecular weight excluding hydrogens is 248 g/mol. The van der Waals surface area contributed by atoms with Gasteiger partial charge in [-0.3, -0.25) is 4.79 Å². The molecule has 1 atom stereocenters. The lowest BCUT2D eigenvalue weighted by atomic mass is 10.1. The maximum absolute atomic E-state index is 12.2. The van der Waals surface area contributed by atoms with Crippen LogP contribution in [0.15, 0.2) is 0 Å². The van der Waals surface area contributed by atoms with Gasteiger partial charge in [-0.05, 0) is 12.3 Å². The molecule has 19 heavy (non-hydrogen) atoms. The van der Waals surface area contributed by atoms with Crippen molar-refractivity contribution in [3.8, 4) is 0 Å². The molecule has 1 fully saturated rings. The van der Waals surface area contributed by atoms with E-state index in [0.717, 1.165) is 13.0 Å². The van der Waals surface area contributed by atoms with E-state index in [2.05, 4.69) is 13.8 Å². The second kappa shape index (κ2) is 7.33. The van der Waals surface area contributed by atoms with Crippen LogP contribution in [0.25, 0.3) is 0 Å². The van der Waals surface area contributed by atoms with E-state index in [0.29, 0.717) is 25.6 Å². The average molecular weight is 272 g/mol. The summed E-state index contributed by atoms with van der Waals surface area (Å²) in [5.41, 5.74) is 0. The van der Waals surface area contributed by atoms with Gasteiger partial charge in [0.1, 0.15) is 0 Å². The summed E-state index contributed by atoms with van der Waals surface area (Å²) in [6.45, 7) is 6.25. The van der Waals surface area contributed by atoms with Crippen LogP contribution in [0.1, 0.15) is 26.7 Å². The summed E-state index contributed by atoms with van der Waals surface area (Å²) in [6, 6.07) is -0.0423. The highest BCUT2D eigenvalue weighted by Gasteiger charge is 2.27. The standard InChI is InChI=1S/C13H24N2O4/c1-10(2)4-5-14(3)13(18)15-6-7-19-11(9-15)8-12(16)17/h10-11H,4-9H2,1-3H3,(H,16,17). The molecule has 0 spiro atoms. The summed E-state index contributed by atoms with van der Waals surface area (Å²) in [4.78, 5) is 26.2. The Hall–Kier alpha value is -1.30. The van der Waals surface area contributed by atoms with Gasteiger partial charge in [0.15, 0.2) is 0 Å². The zero-order valence-corrected chi connectivity index (χ0v) is 12.0. The summed E-state index contributed by atoms with van der Waals surface area (Å²) in [7, 11) is 1.78. The maximum Gasteiger partial charge on any atom is 0.319 e. The molecule has 1 heterocycles. The largest absolute Gasteiger partial charge is 0.481 e. The SMILES string of the molecule is CC(C)CCN(C)C(=O)N1CCOC(CC(=O)O)C1. The van der Waals surface area contributed by atoms with E-state index < -0.39 is 12.1 Å². The van der Waals surface area contributed by atoms with Crippen LogP contribution in [0, 0.1) is 5.92 Å². The number of morpholine rings is 1. The van der Waals surface area contributed by atoms with E-state index in [1.54, 1.807) is 16.8 Å². The Morgan fingerprint density at radius 3 is 2.74 bits per heavy atom. The number of carbonyl (C=O) groups is 2. The van der Waals surface area contributed by atoms with Crippen molar-refractivity contribution in [2.24, 2.45) is 5.92 Å². The lowest BCUT2D eigenvalue weighted by Gasteiger charge is -2.35. The number of aliphatic carboxylic acids is 1.